The molecule has 2 aromatic carbocycles. The highest BCUT2D eigenvalue weighted by molar-refractivity contribution is 9.10. The van der Waals surface area contributed by atoms with Crippen LogP contribution in [0.1, 0.15) is 16.7 Å². The minimum absolute atomic E-state index is 0.0699. The molecule has 0 amide bonds. The lowest BCUT2D eigenvalue weighted by Crippen LogP contribution is -2.19. The minimum Gasteiger partial charge on any atom is -0.504 e. The van der Waals surface area contributed by atoms with E-state index in [2.05, 4.69) is 25.9 Å². The summed E-state index contributed by atoms with van der Waals surface area (Å²) >= 11 is 3.31. The number of benzene rings is 2. The molecule has 0 aromatic heterocycles. The number of halogens is 1. The molecule has 0 aliphatic carbocycles. The molecule has 2 N–H and O–H groups in total. The standard InChI is InChI=1S/C16H17BrN2O4S/c1-10-4-5-11(2)16(6-10)24(21,22)19-18-9-12-7-14(20)15(23-3)8-13(12)17/h4-9,19-20H,1-3H3/b18-9-. The Balaban J connectivity index is 2.25. The monoisotopic (exact) mass is 412 g/mol. The summed E-state index contributed by atoms with van der Waals surface area (Å²) in [7, 11) is -2.33. The number of hydrazone groups is 1. The molecular formula is C16H17BrN2O4S. The third kappa shape index (κ3) is 4.07. The Morgan fingerprint density at radius 3 is 2.62 bits per heavy atom. The van der Waals surface area contributed by atoms with Gasteiger partial charge in [-0.15, -0.1) is 0 Å². The van der Waals surface area contributed by atoms with E-state index >= 15 is 0 Å². The predicted octanol–water partition coefficient (Wildman–Crippen LogP) is 3.09. The van der Waals surface area contributed by atoms with Crippen molar-refractivity contribution in [2.75, 3.05) is 7.11 Å². The Morgan fingerprint density at radius 1 is 1.25 bits per heavy atom. The summed E-state index contributed by atoms with van der Waals surface area (Å²) in [4.78, 5) is 2.35. The quantitative estimate of drug-likeness (QED) is 0.583. The van der Waals surface area contributed by atoms with Crippen LogP contribution in [0.3, 0.4) is 0 Å². The molecule has 2 rings (SSSR count). The molecule has 6 nitrogen and oxygen atoms in total. The SMILES string of the molecule is COc1cc(Br)c(/C=N\NS(=O)(=O)c2cc(C)ccc2C)cc1O. The van der Waals surface area contributed by atoms with E-state index in [9.17, 15) is 13.5 Å². The van der Waals surface area contributed by atoms with E-state index in [0.717, 1.165) is 5.56 Å². The second-order valence-electron chi connectivity index (χ2n) is 5.17. The molecule has 128 valence electrons. The van der Waals surface area contributed by atoms with Gasteiger partial charge >= 0.3 is 0 Å². The number of rotatable bonds is 5. The number of aromatic hydroxyl groups is 1. The van der Waals surface area contributed by atoms with Crippen LogP contribution in [0.15, 0.2) is 44.8 Å². The zero-order valence-electron chi connectivity index (χ0n) is 13.4. The van der Waals surface area contributed by atoms with E-state index < -0.39 is 10.0 Å². The van der Waals surface area contributed by atoms with Crippen LogP contribution in [0.4, 0.5) is 0 Å². The predicted molar refractivity (Wildman–Crippen MR) is 96.2 cm³/mol. The number of phenolic OH excluding ortho intramolecular Hbond substituents is 1. The maximum atomic E-state index is 12.3. The van der Waals surface area contributed by atoms with E-state index in [0.29, 0.717) is 21.3 Å². The third-order valence-corrected chi connectivity index (χ3v) is 5.36. The van der Waals surface area contributed by atoms with E-state index in [1.165, 1.54) is 19.4 Å². The van der Waals surface area contributed by atoms with E-state index in [4.69, 9.17) is 4.74 Å². The zero-order chi connectivity index (χ0) is 17.9. The highest BCUT2D eigenvalue weighted by Crippen LogP contribution is 2.31. The van der Waals surface area contributed by atoms with Gasteiger partial charge in [-0.3, -0.25) is 0 Å². The fourth-order valence-corrected chi connectivity index (χ4v) is 3.58. The average Bonchev–Trinajstić information content (AvgIpc) is 2.52. The first-order chi connectivity index (χ1) is 11.2. The second kappa shape index (κ2) is 7.23. The molecule has 0 heterocycles. The number of phenols is 1. The Kier molecular flexibility index (Phi) is 5.51. The van der Waals surface area contributed by atoms with Gasteiger partial charge in [-0.1, -0.05) is 12.1 Å². The molecule has 0 saturated carbocycles. The van der Waals surface area contributed by atoms with Gasteiger partial charge in [0.05, 0.1) is 18.2 Å². The van der Waals surface area contributed by atoms with Crippen molar-refractivity contribution in [2.24, 2.45) is 5.10 Å². The van der Waals surface area contributed by atoms with Gasteiger partial charge in [-0.05, 0) is 59.1 Å². The molecule has 0 unspecified atom stereocenters. The number of nitrogens with zero attached hydrogens (tertiary/aromatic N) is 1. The summed E-state index contributed by atoms with van der Waals surface area (Å²) in [5.74, 6) is 0.231. The highest BCUT2D eigenvalue weighted by Gasteiger charge is 2.16. The van der Waals surface area contributed by atoms with Crippen molar-refractivity contribution in [1.29, 1.82) is 0 Å². The normalized spacial score (nSPS) is 11.7. The third-order valence-electron chi connectivity index (χ3n) is 3.31. The summed E-state index contributed by atoms with van der Waals surface area (Å²) in [6.07, 6.45) is 1.30. The van der Waals surface area contributed by atoms with Gasteiger partial charge in [0.25, 0.3) is 10.0 Å². The topological polar surface area (TPSA) is 88.0 Å². The van der Waals surface area contributed by atoms with Crippen molar-refractivity contribution in [2.45, 2.75) is 18.7 Å². The van der Waals surface area contributed by atoms with Crippen molar-refractivity contribution in [3.8, 4) is 11.5 Å². The molecular weight excluding hydrogens is 396 g/mol. The minimum atomic E-state index is -3.77. The molecule has 0 atom stereocenters. The molecule has 0 radical (unpaired) electrons. The van der Waals surface area contributed by atoms with Crippen LogP contribution in [-0.4, -0.2) is 26.8 Å². The summed E-state index contributed by atoms with van der Waals surface area (Å²) in [6, 6.07) is 8.15. The number of hydrogen-bond acceptors (Lipinski definition) is 5. The van der Waals surface area contributed by atoms with E-state index in [1.807, 2.05) is 13.0 Å². The van der Waals surface area contributed by atoms with Gasteiger partial charge in [0.1, 0.15) is 0 Å². The van der Waals surface area contributed by atoms with Crippen molar-refractivity contribution in [3.63, 3.8) is 0 Å². The van der Waals surface area contributed by atoms with Crippen LogP contribution in [-0.2, 0) is 10.0 Å². The van der Waals surface area contributed by atoms with Gasteiger partial charge in [0, 0.05) is 10.0 Å². The van der Waals surface area contributed by atoms with Crippen LogP contribution in [0.2, 0.25) is 0 Å². The lowest BCUT2D eigenvalue weighted by molar-refractivity contribution is 0.373. The number of hydrogen-bond donors (Lipinski definition) is 2. The molecule has 0 saturated heterocycles. The van der Waals surface area contributed by atoms with Gasteiger partial charge in [-0.25, -0.2) is 4.83 Å². The summed E-state index contributed by atoms with van der Waals surface area (Å²) in [6.45, 7) is 3.54. The zero-order valence-corrected chi connectivity index (χ0v) is 15.8. The highest BCUT2D eigenvalue weighted by atomic mass is 79.9. The Morgan fingerprint density at radius 2 is 1.96 bits per heavy atom. The first kappa shape index (κ1) is 18.3. The average molecular weight is 413 g/mol. The summed E-state index contributed by atoms with van der Waals surface area (Å²) < 4.78 is 30.3. The van der Waals surface area contributed by atoms with Gasteiger partial charge in [-0.2, -0.15) is 13.5 Å². The Hall–Kier alpha value is -2.06. The fourth-order valence-electron chi connectivity index (χ4n) is 2.03. The lowest BCUT2D eigenvalue weighted by atomic mass is 10.2. The van der Waals surface area contributed by atoms with Crippen LogP contribution in [0.25, 0.3) is 0 Å². The molecule has 2 aromatic rings. The van der Waals surface area contributed by atoms with Gasteiger partial charge in [0.2, 0.25) is 0 Å². The number of ether oxygens (including phenoxy) is 1. The van der Waals surface area contributed by atoms with Crippen molar-refractivity contribution < 1.29 is 18.3 Å². The molecule has 0 aliphatic rings. The molecule has 24 heavy (non-hydrogen) atoms. The molecule has 0 bridgehead atoms. The van der Waals surface area contributed by atoms with Crippen LogP contribution >= 0.6 is 15.9 Å². The molecule has 8 heteroatoms. The number of methoxy groups -OCH3 is 1. The van der Waals surface area contributed by atoms with Crippen LogP contribution < -0.4 is 9.57 Å². The second-order valence-corrected chi connectivity index (χ2v) is 7.65. The molecule has 0 spiro atoms. The fraction of sp³-hybridized carbons (Fsp3) is 0.188. The summed E-state index contributed by atoms with van der Waals surface area (Å²) in [5, 5.41) is 13.5. The van der Waals surface area contributed by atoms with Crippen molar-refractivity contribution >= 4 is 32.2 Å². The molecule has 0 aliphatic heterocycles. The number of sulfonamides is 1. The summed E-state index contributed by atoms with van der Waals surface area (Å²) in [5.41, 5.74) is 1.97. The van der Waals surface area contributed by atoms with Gasteiger partial charge in [0.15, 0.2) is 11.5 Å². The van der Waals surface area contributed by atoms with Crippen molar-refractivity contribution in [3.05, 3.63) is 51.5 Å². The maximum Gasteiger partial charge on any atom is 0.276 e. The Labute approximate surface area is 149 Å². The number of aryl methyl sites for hydroxylation is 2. The Bertz CT molecular complexity index is 895. The first-order valence-electron chi connectivity index (χ1n) is 6.93. The lowest BCUT2D eigenvalue weighted by Gasteiger charge is -2.08. The van der Waals surface area contributed by atoms with E-state index in [1.54, 1.807) is 25.1 Å². The number of nitrogens with one attached hydrogen (secondary N) is 1. The van der Waals surface area contributed by atoms with Crippen LogP contribution in [0.5, 0.6) is 11.5 Å². The van der Waals surface area contributed by atoms with E-state index in [-0.39, 0.29) is 10.6 Å². The first-order valence-corrected chi connectivity index (χ1v) is 9.21. The molecule has 0 fully saturated rings. The smallest absolute Gasteiger partial charge is 0.276 e. The van der Waals surface area contributed by atoms with Crippen molar-refractivity contribution in [1.82, 2.24) is 4.83 Å². The largest absolute Gasteiger partial charge is 0.504 e. The van der Waals surface area contributed by atoms with Crippen LogP contribution in [0, 0.1) is 13.8 Å². The van der Waals surface area contributed by atoms with Gasteiger partial charge < -0.3 is 9.84 Å². The maximum absolute atomic E-state index is 12.3.